The Hall–Kier alpha value is -3.15. The van der Waals surface area contributed by atoms with Crippen molar-refractivity contribution >= 4 is 28.5 Å². The van der Waals surface area contributed by atoms with E-state index < -0.39 is 11.2 Å². The summed E-state index contributed by atoms with van der Waals surface area (Å²) in [6.07, 6.45) is 3.63. The van der Waals surface area contributed by atoms with Gasteiger partial charge in [0.1, 0.15) is 0 Å². The lowest BCUT2D eigenvalue weighted by Crippen LogP contribution is -2.25. The number of hydrogen-bond donors (Lipinski definition) is 0. The maximum atomic E-state index is 13.3. The van der Waals surface area contributed by atoms with Crippen molar-refractivity contribution in [2.75, 3.05) is 4.90 Å². The molecule has 2 aromatic heterocycles. The molecular formula is C24H19N3OS. The van der Waals surface area contributed by atoms with Crippen LogP contribution in [0.5, 0.6) is 0 Å². The highest BCUT2D eigenvalue weighted by molar-refractivity contribution is 7.92. The maximum absolute atomic E-state index is 13.3. The summed E-state index contributed by atoms with van der Waals surface area (Å²) in [7, 11) is 0. The molecule has 29 heavy (non-hydrogen) atoms. The molecule has 1 aliphatic heterocycles. The molecule has 2 aromatic carbocycles. The molecule has 0 unspecified atom stereocenters. The monoisotopic (exact) mass is 397 g/mol. The smallest absolute Gasteiger partial charge is 0.202 e. The van der Waals surface area contributed by atoms with Crippen molar-refractivity contribution in [3.05, 3.63) is 90.3 Å². The van der Waals surface area contributed by atoms with Crippen LogP contribution in [0.15, 0.2) is 88.9 Å². The zero-order chi connectivity index (χ0) is 20.0. The molecule has 0 N–H and O–H groups in total. The van der Waals surface area contributed by atoms with E-state index in [0.717, 1.165) is 27.9 Å². The van der Waals surface area contributed by atoms with Gasteiger partial charge in [-0.25, -0.2) is 9.97 Å². The third kappa shape index (κ3) is 2.99. The van der Waals surface area contributed by atoms with Gasteiger partial charge in [0.2, 0.25) is 9.79 Å². The summed E-state index contributed by atoms with van der Waals surface area (Å²) < 4.78 is 13.3. The van der Waals surface area contributed by atoms with Crippen LogP contribution in [0.4, 0.5) is 17.3 Å². The lowest BCUT2D eigenvalue weighted by Gasteiger charge is -2.32. The van der Waals surface area contributed by atoms with Crippen LogP contribution in [0.2, 0.25) is 0 Å². The first-order chi connectivity index (χ1) is 14.1. The molecule has 3 heterocycles. The molecule has 5 heteroatoms. The van der Waals surface area contributed by atoms with E-state index in [-0.39, 0.29) is 0 Å². The van der Waals surface area contributed by atoms with Gasteiger partial charge in [-0.3, -0.25) is 4.90 Å². The topological polar surface area (TPSA) is 52.1 Å². The van der Waals surface area contributed by atoms with E-state index in [4.69, 9.17) is 0 Å². The van der Waals surface area contributed by atoms with Gasteiger partial charge in [-0.15, -0.1) is 0 Å². The van der Waals surface area contributed by atoms with Crippen LogP contribution in [-0.4, -0.2) is 14.5 Å². The minimum absolute atomic E-state index is 0.668. The predicted molar refractivity (Wildman–Crippen MR) is 116 cm³/mol. The molecule has 5 rings (SSSR count). The van der Waals surface area contributed by atoms with Gasteiger partial charge in [0.05, 0.1) is 5.69 Å². The Morgan fingerprint density at radius 3 is 1.93 bits per heavy atom. The number of aryl methyl sites for hydroxylation is 2. The van der Waals surface area contributed by atoms with Gasteiger partial charge in [-0.2, -0.15) is 0 Å². The van der Waals surface area contributed by atoms with Gasteiger partial charge in [0.15, 0.2) is 11.6 Å². The number of rotatable bonds is 2. The Labute approximate surface area is 173 Å². The highest BCUT2D eigenvalue weighted by Gasteiger charge is 2.38. The molecule has 0 atom stereocenters. The fraction of sp³-hybridized carbons (Fsp3) is 0.0833. The van der Waals surface area contributed by atoms with Crippen LogP contribution in [0.1, 0.15) is 11.1 Å². The van der Waals surface area contributed by atoms with E-state index >= 15 is 0 Å². The highest BCUT2D eigenvalue weighted by Crippen LogP contribution is 2.48. The molecule has 0 saturated heterocycles. The van der Waals surface area contributed by atoms with Gasteiger partial charge >= 0.3 is 0 Å². The van der Waals surface area contributed by atoms with Crippen LogP contribution in [0.3, 0.4) is 0 Å². The SMILES string of the molecule is Cc1cnc2c(c1)[S+]([O-])c1cc(C)cnc1N2c1ccccc1-c1ccccc1. The van der Waals surface area contributed by atoms with Gasteiger partial charge in [0.25, 0.3) is 0 Å². The van der Waals surface area contributed by atoms with Crippen molar-refractivity contribution in [2.45, 2.75) is 23.6 Å². The molecule has 1 aliphatic rings. The normalized spacial score (nSPS) is 13.1. The first kappa shape index (κ1) is 17.9. The maximum Gasteiger partial charge on any atom is 0.202 e. The summed E-state index contributed by atoms with van der Waals surface area (Å²) in [4.78, 5) is 12.8. The molecule has 0 saturated carbocycles. The summed E-state index contributed by atoms with van der Waals surface area (Å²) in [6.45, 7) is 3.94. The van der Waals surface area contributed by atoms with Crippen LogP contribution >= 0.6 is 0 Å². The van der Waals surface area contributed by atoms with Gasteiger partial charge in [0, 0.05) is 41.3 Å². The largest absolute Gasteiger partial charge is 0.606 e. The minimum atomic E-state index is -1.32. The average Bonchev–Trinajstić information content (AvgIpc) is 2.75. The van der Waals surface area contributed by atoms with Crippen LogP contribution < -0.4 is 4.90 Å². The van der Waals surface area contributed by atoms with Crippen molar-refractivity contribution in [1.29, 1.82) is 0 Å². The molecule has 0 spiro atoms. The second-order valence-corrected chi connectivity index (χ2v) is 8.57. The van der Waals surface area contributed by atoms with E-state index in [2.05, 4.69) is 34.2 Å². The predicted octanol–water partition coefficient (Wildman–Crippen LogP) is 5.71. The zero-order valence-corrected chi connectivity index (χ0v) is 17.0. The number of fused-ring (bicyclic) bond motifs is 2. The van der Waals surface area contributed by atoms with Gasteiger partial charge in [-0.05, 0) is 36.6 Å². The summed E-state index contributed by atoms with van der Waals surface area (Å²) in [5.74, 6) is 1.34. The van der Waals surface area contributed by atoms with E-state index in [1.54, 1.807) is 0 Å². The number of para-hydroxylation sites is 1. The Kier molecular flexibility index (Phi) is 4.34. The van der Waals surface area contributed by atoms with Crippen LogP contribution in [0, 0.1) is 13.8 Å². The fourth-order valence-electron chi connectivity index (χ4n) is 3.66. The molecule has 142 valence electrons. The Balaban J connectivity index is 1.81. The molecule has 4 nitrogen and oxygen atoms in total. The quantitative estimate of drug-likeness (QED) is 0.407. The summed E-state index contributed by atoms with van der Waals surface area (Å²) in [5.41, 5.74) is 5.11. The molecule has 0 amide bonds. The summed E-state index contributed by atoms with van der Waals surface area (Å²) in [6, 6.07) is 22.4. The van der Waals surface area contributed by atoms with Gasteiger partial charge < -0.3 is 4.55 Å². The second-order valence-electron chi connectivity index (χ2n) is 7.16. The van der Waals surface area contributed by atoms with E-state index in [0.29, 0.717) is 21.4 Å². The number of pyridine rings is 2. The summed E-state index contributed by atoms with van der Waals surface area (Å²) in [5, 5.41) is 0. The van der Waals surface area contributed by atoms with Crippen molar-refractivity contribution < 1.29 is 4.55 Å². The number of anilines is 3. The molecule has 4 aromatic rings. The molecular weight excluding hydrogens is 378 g/mol. The first-order valence-electron chi connectivity index (χ1n) is 9.43. The lowest BCUT2D eigenvalue weighted by atomic mass is 10.0. The Bertz CT molecular complexity index is 1160. The number of benzene rings is 2. The van der Waals surface area contributed by atoms with Gasteiger partial charge in [-0.1, -0.05) is 48.5 Å². The molecule has 0 bridgehead atoms. The zero-order valence-electron chi connectivity index (χ0n) is 16.2. The molecule has 0 aliphatic carbocycles. The van der Waals surface area contributed by atoms with Crippen molar-refractivity contribution in [3.8, 4) is 11.1 Å². The second kappa shape index (κ2) is 7.03. The average molecular weight is 398 g/mol. The number of hydrogen-bond acceptors (Lipinski definition) is 4. The first-order valence-corrected chi connectivity index (χ1v) is 10.6. The molecule has 0 fully saturated rings. The van der Waals surface area contributed by atoms with Crippen molar-refractivity contribution in [3.63, 3.8) is 0 Å². The lowest BCUT2D eigenvalue weighted by molar-refractivity contribution is 0.592. The standard InChI is InChI=1S/C24H19N3OS/c1-16-12-21-23(25-14-16)27(24-22(29(21)28)13-17(2)15-26-24)20-11-7-6-10-19(20)18-8-4-3-5-9-18/h3-15H,1-2H3. The van der Waals surface area contributed by atoms with E-state index in [1.807, 2.05) is 73.6 Å². The van der Waals surface area contributed by atoms with Crippen LogP contribution in [-0.2, 0) is 11.2 Å². The van der Waals surface area contributed by atoms with Crippen molar-refractivity contribution in [1.82, 2.24) is 9.97 Å². The number of nitrogens with zero attached hydrogens (tertiary/aromatic N) is 3. The fourth-order valence-corrected chi connectivity index (χ4v) is 5.10. The van der Waals surface area contributed by atoms with Crippen molar-refractivity contribution in [2.24, 2.45) is 0 Å². The molecule has 0 radical (unpaired) electrons. The van der Waals surface area contributed by atoms with Crippen LogP contribution in [0.25, 0.3) is 11.1 Å². The third-order valence-corrected chi connectivity index (χ3v) is 6.39. The Morgan fingerprint density at radius 1 is 0.759 bits per heavy atom. The third-order valence-electron chi connectivity index (χ3n) is 4.99. The highest BCUT2D eigenvalue weighted by atomic mass is 32.2. The van der Waals surface area contributed by atoms with E-state index in [9.17, 15) is 4.55 Å². The van der Waals surface area contributed by atoms with E-state index in [1.165, 1.54) is 0 Å². The minimum Gasteiger partial charge on any atom is -0.606 e. The number of aromatic nitrogens is 2. The Morgan fingerprint density at radius 2 is 1.31 bits per heavy atom. The summed E-state index contributed by atoms with van der Waals surface area (Å²) >= 11 is -1.32.